The third-order valence-corrected chi connectivity index (χ3v) is 4.29. The predicted molar refractivity (Wildman–Crippen MR) is 72.3 cm³/mol. The van der Waals surface area contributed by atoms with Gasteiger partial charge in [-0.05, 0) is 19.4 Å². The van der Waals surface area contributed by atoms with E-state index in [0.29, 0.717) is 6.04 Å². The van der Waals surface area contributed by atoms with Gasteiger partial charge in [0.15, 0.2) is 0 Å². The molecule has 2 rings (SSSR count). The number of likely N-dealkylation sites (tertiary alicyclic amines) is 1. The van der Waals surface area contributed by atoms with Gasteiger partial charge >= 0.3 is 0 Å². The van der Waals surface area contributed by atoms with Gasteiger partial charge in [-0.15, -0.1) is 0 Å². The molecule has 0 aromatic carbocycles. The first-order valence-electron chi connectivity index (χ1n) is 7.18. The van der Waals surface area contributed by atoms with E-state index in [-0.39, 0.29) is 12.5 Å². The predicted octanol–water partition coefficient (Wildman–Crippen LogP) is -0.426. The summed E-state index contributed by atoms with van der Waals surface area (Å²) in [6, 6.07) is 0.549. The molecule has 18 heavy (non-hydrogen) atoms. The fraction of sp³-hybridized carbons (Fsp3) is 0.923. The van der Waals surface area contributed by atoms with Crippen molar-refractivity contribution in [3.63, 3.8) is 0 Å². The first-order valence-corrected chi connectivity index (χ1v) is 7.18. The van der Waals surface area contributed by atoms with Crippen LogP contribution in [0.3, 0.4) is 0 Å². The van der Waals surface area contributed by atoms with Crippen LogP contribution in [0.4, 0.5) is 0 Å². The lowest BCUT2D eigenvalue weighted by atomic mass is 10.0. The Hall–Kier alpha value is -0.650. The minimum Gasteiger partial charge on any atom is -0.340 e. The van der Waals surface area contributed by atoms with E-state index in [2.05, 4.69) is 16.7 Å². The molecule has 1 amide bonds. The van der Waals surface area contributed by atoms with Gasteiger partial charge in [0.05, 0.1) is 6.54 Å². The summed E-state index contributed by atoms with van der Waals surface area (Å²) in [6.45, 7) is 9.90. The molecule has 5 nitrogen and oxygen atoms in total. The molecule has 0 aromatic heterocycles. The lowest BCUT2D eigenvalue weighted by Gasteiger charge is -2.43. The van der Waals surface area contributed by atoms with E-state index < -0.39 is 0 Å². The molecule has 2 N–H and O–H groups in total. The maximum Gasteiger partial charge on any atom is 0.236 e. The van der Waals surface area contributed by atoms with Gasteiger partial charge in [-0.1, -0.05) is 6.92 Å². The summed E-state index contributed by atoms with van der Waals surface area (Å²) in [5, 5.41) is 0. The van der Waals surface area contributed by atoms with Gasteiger partial charge in [0.2, 0.25) is 5.91 Å². The molecular weight excluding hydrogens is 228 g/mol. The fourth-order valence-corrected chi connectivity index (χ4v) is 3.05. The van der Waals surface area contributed by atoms with Crippen LogP contribution in [0.2, 0.25) is 0 Å². The Morgan fingerprint density at radius 2 is 1.94 bits per heavy atom. The monoisotopic (exact) mass is 254 g/mol. The quantitative estimate of drug-likeness (QED) is 0.743. The molecule has 0 radical (unpaired) electrons. The number of piperidine rings is 1. The number of hydrogen-bond donors (Lipinski definition) is 1. The van der Waals surface area contributed by atoms with E-state index in [9.17, 15) is 4.79 Å². The van der Waals surface area contributed by atoms with Crippen LogP contribution in [-0.4, -0.2) is 79.0 Å². The molecule has 0 bridgehead atoms. The van der Waals surface area contributed by atoms with Crippen LogP contribution in [0.5, 0.6) is 0 Å². The largest absolute Gasteiger partial charge is 0.340 e. The van der Waals surface area contributed by atoms with Crippen LogP contribution in [-0.2, 0) is 4.79 Å². The van der Waals surface area contributed by atoms with E-state index in [1.54, 1.807) is 0 Å². The van der Waals surface area contributed by atoms with E-state index >= 15 is 0 Å². The molecule has 2 aliphatic heterocycles. The summed E-state index contributed by atoms with van der Waals surface area (Å²) >= 11 is 0. The highest BCUT2D eigenvalue weighted by molar-refractivity contribution is 5.78. The Morgan fingerprint density at radius 1 is 1.22 bits per heavy atom. The molecule has 104 valence electrons. The molecule has 0 aromatic rings. The first-order chi connectivity index (χ1) is 8.74. The van der Waals surface area contributed by atoms with Gasteiger partial charge < -0.3 is 15.5 Å². The number of piperazine rings is 1. The zero-order chi connectivity index (χ0) is 13.0. The topological polar surface area (TPSA) is 52.8 Å². The molecular formula is C13H26N4O. The van der Waals surface area contributed by atoms with Crippen LogP contribution < -0.4 is 5.73 Å². The first kappa shape index (κ1) is 13.8. The number of nitrogens with zero attached hydrogens (tertiary/aromatic N) is 3. The van der Waals surface area contributed by atoms with Crippen molar-refractivity contribution in [1.82, 2.24) is 14.7 Å². The van der Waals surface area contributed by atoms with Crippen molar-refractivity contribution >= 4 is 5.91 Å². The molecule has 2 fully saturated rings. The average molecular weight is 254 g/mol. The summed E-state index contributed by atoms with van der Waals surface area (Å²) in [4.78, 5) is 18.7. The fourth-order valence-electron chi connectivity index (χ4n) is 3.05. The van der Waals surface area contributed by atoms with Crippen molar-refractivity contribution in [2.75, 3.05) is 52.4 Å². The zero-order valence-corrected chi connectivity index (χ0v) is 11.5. The van der Waals surface area contributed by atoms with Crippen molar-refractivity contribution in [3.8, 4) is 0 Å². The van der Waals surface area contributed by atoms with Gasteiger partial charge in [0.25, 0.3) is 0 Å². The Kier molecular flexibility index (Phi) is 4.97. The number of likely N-dealkylation sites (N-methyl/N-ethyl adjacent to an activating group) is 1. The number of carbonyl (C=O) groups excluding carboxylic acids is 1. The Balaban J connectivity index is 1.84. The lowest BCUT2D eigenvalue weighted by molar-refractivity contribution is -0.132. The second-order valence-electron chi connectivity index (χ2n) is 5.31. The summed E-state index contributed by atoms with van der Waals surface area (Å²) in [5.41, 5.74) is 5.45. The van der Waals surface area contributed by atoms with Crippen molar-refractivity contribution in [2.24, 2.45) is 5.73 Å². The number of nitrogens with two attached hydrogens (primary N) is 1. The minimum absolute atomic E-state index is 0.104. The second-order valence-corrected chi connectivity index (χ2v) is 5.31. The molecule has 2 saturated heterocycles. The molecule has 5 heteroatoms. The molecule has 0 saturated carbocycles. The molecule has 0 aliphatic carbocycles. The van der Waals surface area contributed by atoms with Crippen molar-refractivity contribution in [1.29, 1.82) is 0 Å². The summed E-state index contributed by atoms with van der Waals surface area (Å²) in [6.07, 6.45) is 2.34. The lowest BCUT2D eigenvalue weighted by Crippen LogP contribution is -2.56. The Bertz CT molecular complexity index is 276. The highest BCUT2D eigenvalue weighted by atomic mass is 16.2. The highest BCUT2D eigenvalue weighted by Gasteiger charge is 2.29. The molecule has 1 atom stereocenters. The normalized spacial score (nSPS) is 27.4. The SMILES string of the molecule is CCN1CCN(C2CCCN(C(=O)CN)C2)CC1. The number of carbonyl (C=O) groups is 1. The molecule has 1 unspecified atom stereocenters. The smallest absolute Gasteiger partial charge is 0.236 e. The second kappa shape index (κ2) is 6.50. The maximum atomic E-state index is 11.7. The van der Waals surface area contributed by atoms with Crippen LogP contribution in [0.1, 0.15) is 19.8 Å². The van der Waals surface area contributed by atoms with Gasteiger partial charge in [0.1, 0.15) is 0 Å². The van der Waals surface area contributed by atoms with Gasteiger partial charge in [-0.25, -0.2) is 0 Å². The van der Waals surface area contributed by atoms with Gasteiger partial charge in [0, 0.05) is 45.3 Å². The summed E-state index contributed by atoms with van der Waals surface area (Å²) in [5.74, 6) is 0.104. The molecule has 2 aliphatic rings. The average Bonchev–Trinajstić information content (AvgIpc) is 2.46. The van der Waals surface area contributed by atoms with E-state index in [1.165, 1.54) is 6.42 Å². The standard InChI is InChI=1S/C13H26N4O/c1-2-15-6-8-16(9-7-15)12-4-3-5-17(11-12)13(18)10-14/h12H,2-11,14H2,1H3. The summed E-state index contributed by atoms with van der Waals surface area (Å²) < 4.78 is 0. The van der Waals surface area contributed by atoms with Crippen LogP contribution in [0.15, 0.2) is 0 Å². The minimum atomic E-state index is 0.104. The Morgan fingerprint density at radius 3 is 2.56 bits per heavy atom. The van der Waals surface area contributed by atoms with Crippen molar-refractivity contribution < 1.29 is 4.79 Å². The van der Waals surface area contributed by atoms with Crippen molar-refractivity contribution in [2.45, 2.75) is 25.8 Å². The Labute approximate surface area is 110 Å². The molecule has 0 spiro atoms. The van der Waals surface area contributed by atoms with Crippen LogP contribution in [0.25, 0.3) is 0 Å². The number of rotatable bonds is 3. The van der Waals surface area contributed by atoms with Gasteiger partial charge in [-0.3, -0.25) is 9.69 Å². The maximum absolute atomic E-state index is 11.7. The van der Waals surface area contributed by atoms with E-state index in [0.717, 1.165) is 52.2 Å². The van der Waals surface area contributed by atoms with Crippen molar-refractivity contribution in [3.05, 3.63) is 0 Å². The molecule has 2 heterocycles. The third kappa shape index (κ3) is 3.22. The highest BCUT2D eigenvalue weighted by Crippen LogP contribution is 2.17. The van der Waals surface area contributed by atoms with E-state index in [4.69, 9.17) is 5.73 Å². The van der Waals surface area contributed by atoms with Crippen LogP contribution >= 0.6 is 0 Å². The zero-order valence-electron chi connectivity index (χ0n) is 11.5. The van der Waals surface area contributed by atoms with Gasteiger partial charge in [-0.2, -0.15) is 0 Å². The van der Waals surface area contributed by atoms with Crippen LogP contribution in [0, 0.1) is 0 Å². The summed E-state index contributed by atoms with van der Waals surface area (Å²) in [7, 11) is 0. The van der Waals surface area contributed by atoms with E-state index in [1.807, 2.05) is 4.90 Å². The third-order valence-electron chi connectivity index (χ3n) is 4.29. The number of amides is 1. The number of hydrogen-bond acceptors (Lipinski definition) is 4.